The van der Waals surface area contributed by atoms with Crippen molar-refractivity contribution in [3.8, 4) is 5.75 Å². The molecule has 0 spiro atoms. The summed E-state index contributed by atoms with van der Waals surface area (Å²) in [7, 11) is 1.60. The van der Waals surface area contributed by atoms with Crippen LogP contribution in [0.4, 0.5) is 4.39 Å². The predicted molar refractivity (Wildman–Crippen MR) is 75.9 cm³/mol. The molecule has 21 heavy (non-hydrogen) atoms. The zero-order chi connectivity index (χ0) is 15.5. The molecule has 0 saturated heterocycles. The second-order valence-corrected chi connectivity index (χ2v) is 4.20. The van der Waals surface area contributed by atoms with Gasteiger partial charge in [0.25, 0.3) is 0 Å². The van der Waals surface area contributed by atoms with Crippen LogP contribution < -0.4 is 4.74 Å². The number of carboxylic acid groups (broad SMARTS) is 1. The number of carbonyl (C=O) groups is 1. The molecular formula is C15H19FO5. The lowest BCUT2D eigenvalue weighted by atomic mass is 10.2. The topological polar surface area (TPSA) is 65.0 Å². The van der Waals surface area contributed by atoms with E-state index in [4.69, 9.17) is 19.3 Å². The van der Waals surface area contributed by atoms with E-state index in [9.17, 15) is 9.18 Å². The summed E-state index contributed by atoms with van der Waals surface area (Å²) in [4.78, 5) is 10.4. The van der Waals surface area contributed by atoms with E-state index in [1.165, 1.54) is 18.2 Å². The van der Waals surface area contributed by atoms with Crippen molar-refractivity contribution in [1.82, 2.24) is 0 Å². The van der Waals surface area contributed by atoms with Gasteiger partial charge in [0.05, 0.1) is 19.8 Å². The first-order valence-corrected chi connectivity index (χ1v) is 6.53. The first-order chi connectivity index (χ1) is 10.1. The molecule has 0 atom stereocenters. The van der Waals surface area contributed by atoms with Crippen molar-refractivity contribution < 1.29 is 28.5 Å². The molecule has 0 aromatic heterocycles. The standard InChI is InChI=1S/C15H19FO5/c1-19-7-8-20-5-2-6-21-14-10-12(3-4-15(17)18)9-13(16)11-14/h3-4,9-11H,2,5-8H2,1H3,(H,17,18)/b4-3+. The van der Waals surface area contributed by atoms with Gasteiger partial charge in [-0.1, -0.05) is 0 Å². The third kappa shape index (κ3) is 8.06. The fourth-order valence-corrected chi connectivity index (χ4v) is 1.53. The molecule has 1 aromatic rings. The van der Waals surface area contributed by atoms with Gasteiger partial charge in [0.1, 0.15) is 11.6 Å². The van der Waals surface area contributed by atoms with E-state index >= 15 is 0 Å². The Hall–Kier alpha value is -1.92. The van der Waals surface area contributed by atoms with E-state index in [1.807, 2.05) is 0 Å². The number of halogens is 1. The summed E-state index contributed by atoms with van der Waals surface area (Å²) in [5, 5.41) is 8.54. The largest absolute Gasteiger partial charge is 0.493 e. The van der Waals surface area contributed by atoms with E-state index in [0.29, 0.717) is 44.2 Å². The maximum atomic E-state index is 13.4. The van der Waals surface area contributed by atoms with Gasteiger partial charge >= 0.3 is 5.97 Å². The molecule has 1 aromatic carbocycles. The molecule has 0 unspecified atom stereocenters. The van der Waals surface area contributed by atoms with Crippen molar-refractivity contribution in [2.75, 3.05) is 33.5 Å². The fraction of sp³-hybridized carbons (Fsp3) is 0.400. The van der Waals surface area contributed by atoms with Crippen molar-refractivity contribution in [3.63, 3.8) is 0 Å². The lowest BCUT2D eigenvalue weighted by molar-refractivity contribution is -0.131. The maximum absolute atomic E-state index is 13.4. The van der Waals surface area contributed by atoms with E-state index in [2.05, 4.69) is 0 Å². The van der Waals surface area contributed by atoms with Crippen LogP contribution in [0.5, 0.6) is 5.75 Å². The number of rotatable bonds is 10. The molecule has 0 amide bonds. The highest BCUT2D eigenvalue weighted by molar-refractivity contribution is 5.85. The van der Waals surface area contributed by atoms with Crippen molar-refractivity contribution in [3.05, 3.63) is 35.7 Å². The predicted octanol–water partition coefficient (Wildman–Crippen LogP) is 2.36. The molecule has 1 N–H and O–H groups in total. The Morgan fingerprint density at radius 1 is 1.24 bits per heavy atom. The normalized spacial score (nSPS) is 11.0. The van der Waals surface area contributed by atoms with E-state index < -0.39 is 11.8 Å². The molecular weight excluding hydrogens is 279 g/mol. The van der Waals surface area contributed by atoms with Crippen LogP contribution in [0.3, 0.4) is 0 Å². The summed E-state index contributed by atoms with van der Waals surface area (Å²) >= 11 is 0. The third-order valence-corrected chi connectivity index (χ3v) is 2.45. The van der Waals surface area contributed by atoms with Gasteiger partial charge in [-0.25, -0.2) is 9.18 Å². The second kappa shape index (κ2) is 9.90. The number of hydrogen-bond donors (Lipinski definition) is 1. The van der Waals surface area contributed by atoms with Crippen molar-refractivity contribution in [2.24, 2.45) is 0 Å². The minimum Gasteiger partial charge on any atom is -0.493 e. The Balaban J connectivity index is 2.39. The van der Waals surface area contributed by atoms with Crippen LogP contribution in [-0.4, -0.2) is 44.6 Å². The molecule has 0 fully saturated rings. The maximum Gasteiger partial charge on any atom is 0.328 e. The second-order valence-electron chi connectivity index (χ2n) is 4.20. The highest BCUT2D eigenvalue weighted by Crippen LogP contribution is 2.17. The average molecular weight is 298 g/mol. The molecule has 0 bridgehead atoms. The lowest BCUT2D eigenvalue weighted by Crippen LogP contribution is -2.06. The zero-order valence-corrected chi connectivity index (χ0v) is 11.9. The van der Waals surface area contributed by atoms with Crippen LogP contribution in [-0.2, 0) is 14.3 Å². The van der Waals surface area contributed by atoms with Gasteiger partial charge in [0.2, 0.25) is 0 Å². The van der Waals surface area contributed by atoms with Gasteiger partial charge in [-0.15, -0.1) is 0 Å². The highest BCUT2D eigenvalue weighted by Gasteiger charge is 2.01. The number of ether oxygens (including phenoxy) is 3. The van der Waals surface area contributed by atoms with Gasteiger partial charge in [-0.3, -0.25) is 0 Å². The fourth-order valence-electron chi connectivity index (χ4n) is 1.53. The Morgan fingerprint density at radius 3 is 2.76 bits per heavy atom. The van der Waals surface area contributed by atoms with Crippen LogP contribution in [0.1, 0.15) is 12.0 Å². The van der Waals surface area contributed by atoms with Crippen molar-refractivity contribution in [1.29, 1.82) is 0 Å². The number of benzene rings is 1. The molecule has 0 radical (unpaired) electrons. The summed E-state index contributed by atoms with van der Waals surface area (Å²) in [6, 6.07) is 4.07. The SMILES string of the molecule is COCCOCCCOc1cc(F)cc(/C=C/C(=O)O)c1. The van der Waals surface area contributed by atoms with Gasteiger partial charge < -0.3 is 19.3 Å². The Labute approximate surface area is 122 Å². The molecule has 5 nitrogen and oxygen atoms in total. The summed E-state index contributed by atoms with van der Waals surface area (Å²) in [5.41, 5.74) is 0.434. The average Bonchev–Trinajstić information content (AvgIpc) is 2.44. The van der Waals surface area contributed by atoms with Gasteiger partial charge in [0, 0.05) is 32.3 Å². The lowest BCUT2D eigenvalue weighted by Gasteiger charge is -2.08. The molecule has 0 aliphatic carbocycles. The highest BCUT2D eigenvalue weighted by atomic mass is 19.1. The summed E-state index contributed by atoms with van der Waals surface area (Å²) in [6.45, 7) is 1.99. The smallest absolute Gasteiger partial charge is 0.328 e. The first kappa shape index (κ1) is 17.1. The third-order valence-electron chi connectivity index (χ3n) is 2.45. The molecule has 0 aliphatic rings. The first-order valence-electron chi connectivity index (χ1n) is 6.53. The molecule has 6 heteroatoms. The zero-order valence-electron chi connectivity index (χ0n) is 11.9. The Kier molecular flexibility index (Phi) is 8.08. The Morgan fingerprint density at radius 2 is 2.05 bits per heavy atom. The van der Waals surface area contributed by atoms with E-state index in [1.54, 1.807) is 13.2 Å². The monoisotopic (exact) mass is 298 g/mol. The Bertz CT molecular complexity index is 473. The van der Waals surface area contributed by atoms with Gasteiger partial charge in [-0.2, -0.15) is 0 Å². The molecule has 0 aliphatic heterocycles. The number of methoxy groups -OCH3 is 1. The minimum absolute atomic E-state index is 0.358. The van der Waals surface area contributed by atoms with Gasteiger partial charge in [0.15, 0.2) is 0 Å². The van der Waals surface area contributed by atoms with Crippen LogP contribution in [0.15, 0.2) is 24.3 Å². The van der Waals surface area contributed by atoms with Crippen molar-refractivity contribution >= 4 is 12.0 Å². The molecule has 1 rings (SSSR count). The van der Waals surface area contributed by atoms with Crippen molar-refractivity contribution in [2.45, 2.75) is 6.42 Å². The molecule has 116 valence electrons. The van der Waals surface area contributed by atoms with Crippen LogP contribution in [0.25, 0.3) is 6.08 Å². The summed E-state index contributed by atoms with van der Waals surface area (Å²) in [6.07, 6.45) is 2.93. The summed E-state index contributed by atoms with van der Waals surface area (Å²) in [5.74, 6) is -1.21. The molecule has 0 saturated carbocycles. The van der Waals surface area contributed by atoms with Gasteiger partial charge in [-0.05, 0) is 23.8 Å². The van der Waals surface area contributed by atoms with E-state index in [0.717, 1.165) is 6.08 Å². The number of aliphatic carboxylic acids is 1. The number of carboxylic acids is 1. The molecule has 0 heterocycles. The quantitative estimate of drug-likeness (QED) is 0.530. The van der Waals surface area contributed by atoms with E-state index in [-0.39, 0.29) is 0 Å². The van der Waals surface area contributed by atoms with Crippen LogP contribution >= 0.6 is 0 Å². The number of hydrogen-bond acceptors (Lipinski definition) is 4. The van der Waals surface area contributed by atoms with Crippen LogP contribution in [0.2, 0.25) is 0 Å². The van der Waals surface area contributed by atoms with Crippen LogP contribution in [0, 0.1) is 5.82 Å². The minimum atomic E-state index is -1.09. The summed E-state index contributed by atoms with van der Waals surface area (Å²) < 4.78 is 28.9.